The van der Waals surface area contributed by atoms with E-state index >= 15 is 0 Å². The van der Waals surface area contributed by atoms with Crippen LogP contribution in [0.25, 0.3) is 5.76 Å². The Morgan fingerprint density at radius 1 is 1.06 bits per heavy atom. The van der Waals surface area contributed by atoms with Crippen LogP contribution in [0.2, 0.25) is 0 Å². The number of carbonyl (C=O) groups is 3. The van der Waals surface area contributed by atoms with Gasteiger partial charge in [0.15, 0.2) is 0 Å². The molecular weight excluding hydrogens is 246 g/mol. The lowest BCUT2D eigenvalue weighted by Gasteiger charge is -2.16. The van der Waals surface area contributed by atoms with E-state index in [1.54, 1.807) is 0 Å². The van der Waals surface area contributed by atoms with Gasteiger partial charge in [0.25, 0.3) is 0 Å². The fourth-order valence-corrected chi connectivity index (χ4v) is 1.51. The average molecular weight is 252 g/mol. The average Bonchev–Trinajstić information content (AvgIpc) is 2.32. The van der Waals surface area contributed by atoms with Crippen molar-refractivity contribution in [2.75, 3.05) is 0 Å². The molecule has 0 fully saturated rings. The Balaban J connectivity index is 2.59. The van der Waals surface area contributed by atoms with E-state index in [1.807, 2.05) is 0 Å². The van der Waals surface area contributed by atoms with E-state index < -0.39 is 29.2 Å². The molecule has 0 radical (unpaired) electrons. The first-order valence-corrected chi connectivity index (χ1v) is 4.89. The highest BCUT2D eigenvalue weighted by Crippen LogP contribution is 2.27. The highest BCUT2D eigenvalue weighted by atomic mass is 19.1. The SMILES string of the molecule is CC1=C(c2ccc(F)cc2F)OC(=O)C(=O)C1=O. The predicted molar refractivity (Wildman–Crippen MR) is 55.1 cm³/mol. The van der Waals surface area contributed by atoms with Gasteiger partial charge in [-0.1, -0.05) is 0 Å². The summed E-state index contributed by atoms with van der Waals surface area (Å²) in [6, 6.07) is 2.57. The smallest absolute Gasteiger partial charge is 0.388 e. The topological polar surface area (TPSA) is 60.4 Å². The summed E-state index contributed by atoms with van der Waals surface area (Å²) in [4.78, 5) is 33.5. The number of cyclic esters (lactones) is 1. The highest BCUT2D eigenvalue weighted by molar-refractivity contribution is 6.67. The molecule has 0 saturated heterocycles. The summed E-state index contributed by atoms with van der Waals surface area (Å²) in [5, 5.41) is 0. The molecule has 0 amide bonds. The molecule has 1 aromatic carbocycles. The van der Waals surface area contributed by atoms with Crippen molar-refractivity contribution in [3.8, 4) is 0 Å². The van der Waals surface area contributed by atoms with E-state index in [4.69, 9.17) is 0 Å². The molecule has 0 spiro atoms. The third-order valence-corrected chi connectivity index (χ3v) is 2.44. The summed E-state index contributed by atoms with van der Waals surface area (Å²) >= 11 is 0. The summed E-state index contributed by atoms with van der Waals surface area (Å²) in [5.41, 5.74) is -0.437. The van der Waals surface area contributed by atoms with Gasteiger partial charge in [-0.2, -0.15) is 0 Å². The molecule has 0 saturated carbocycles. The van der Waals surface area contributed by atoms with Gasteiger partial charge in [0, 0.05) is 11.6 Å². The monoisotopic (exact) mass is 252 g/mol. The van der Waals surface area contributed by atoms with Gasteiger partial charge < -0.3 is 4.74 Å². The van der Waals surface area contributed by atoms with Crippen LogP contribution in [-0.2, 0) is 19.1 Å². The van der Waals surface area contributed by atoms with Crippen LogP contribution in [0.4, 0.5) is 8.78 Å². The van der Waals surface area contributed by atoms with Gasteiger partial charge in [-0.15, -0.1) is 0 Å². The Morgan fingerprint density at radius 2 is 1.72 bits per heavy atom. The maximum absolute atomic E-state index is 13.5. The highest BCUT2D eigenvalue weighted by Gasteiger charge is 2.35. The fraction of sp³-hybridized carbons (Fsp3) is 0.0833. The van der Waals surface area contributed by atoms with Crippen LogP contribution < -0.4 is 0 Å². The molecule has 1 aromatic rings. The van der Waals surface area contributed by atoms with Crippen molar-refractivity contribution in [1.29, 1.82) is 0 Å². The minimum atomic E-state index is -1.37. The second-order valence-corrected chi connectivity index (χ2v) is 3.63. The maximum Gasteiger partial charge on any atom is 0.388 e. The number of ether oxygens (including phenoxy) is 1. The third-order valence-electron chi connectivity index (χ3n) is 2.44. The van der Waals surface area contributed by atoms with E-state index in [9.17, 15) is 23.2 Å². The molecule has 6 heteroatoms. The number of benzene rings is 1. The maximum atomic E-state index is 13.5. The molecule has 0 N–H and O–H groups in total. The van der Waals surface area contributed by atoms with E-state index in [-0.39, 0.29) is 16.9 Å². The summed E-state index contributed by atoms with van der Waals surface area (Å²) in [6.45, 7) is 1.23. The summed E-state index contributed by atoms with van der Waals surface area (Å²) < 4.78 is 30.8. The van der Waals surface area contributed by atoms with Crippen LogP contribution >= 0.6 is 0 Å². The summed E-state index contributed by atoms with van der Waals surface area (Å²) in [6.07, 6.45) is 0. The largest absolute Gasteiger partial charge is 0.419 e. The molecule has 18 heavy (non-hydrogen) atoms. The van der Waals surface area contributed by atoms with Crippen LogP contribution in [0.5, 0.6) is 0 Å². The molecule has 0 atom stereocenters. The lowest BCUT2D eigenvalue weighted by atomic mass is 10.0. The lowest BCUT2D eigenvalue weighted by Crippen LogP contribution is -2.32. The molecule has 92 valence electrons. The van der Waals surface area contributed by atoms with Gasteiger partial charge in [0.1, 0.15) is 17.4 Å². The number of hydrogen-bond acceptors (Lipinski definition) is 4. The molecule has 1 aliphatic rings. The molecule has 0 aromatic heterocycles. The molecule has 4 nitrogen and oxygen atoms in total. The zero-order valence-corrected chi connectivity index (χ0v) is 9.12. The minimum absolute atomic E-state index is 0.190. The molecule has 2 rings (SSSR count). The van der Waals surface area contributed by atoms with Gasteiger partial charge in [0.2, 0.25) is 5.78 Å². The van der Waals surface area contributed by atoms with Gasteiger partial charge >= 0.3 is 11.8 Å². The number of Topliss-reactive ketones (excluding diaryl/α,β-unsaturated/α-hetero) is 2. The first-order chi connectivity index (χ1) is 8.41. The number of carbonyl (C=O) groups excluding carboxylic acids is 3. The second-order valence-electron chi connectivity index (χ2n) is 3.63. The van der Waals surface area contributed by atoms with Crippen molar-refractivity contribution >= 4 is 23.3 Å². The first kappa shape index (κ1) is 12.1. The normalized spacial score (nSPS) is 16.1. The van der Waals surface area contributed by atoms with Crippen molar-refractivity contribution in [2.24, 2.45) is 0 Å². The zero-order chi connectivity index (χ0) is 13.4. The van der Waals surface area contributed by atoms with Gasteiger partial charge in [-0.3, -0.25) is 9.59 Å². The van der Waals surface area contributed by atoms with Gasteiger partial charge in [0.05, 0.1) is 5.56 Å². The number of allylic oxidation sites excluding steroid dienone is 1. The Morgan fingerprint density at radius 3 is 2.33 bits per heavy atom. The first-order valence-electron chi connectivity index (χ1n) is 4.89. The molecular formula is C12H6F2O4. The molecule has 1 heterocycles. The van der Waals surface area contributed by atoms with Crippen molar-refractivity contribution < 1.29 is 27.9 Å². The molecule has 0 bridgehead atoms. The van der Waals surface area contributed by atoms with E-state index in [0.717, 1.165) is 12.1 Å². The predicted octanol–water partition coefficient (Wildman–Crippen LogP) is 1.39. The Bertz CT molecular complexity index is 617. The molecule has 0 aliphatic carbocycles. The third kappa shape index (κ3) is 1.81. The molecule has 0 unspecified atom stereocenters. The Kier molecular flexibility index (Phi) is 2.78. The number of rotatable bonds is 1. The Labute approximate surface area is 99.9 Å². The van der Waals surface area contributed by atoms with Crippen LogP contribution in [0.15, 0.2) is 23.8 Å². The fourth-order valence-electron chi connectivity index (χ4n) is 1.51. The Hall–Kier alpha value is -2.37. The van der Waals surface area contributed by atoms with Crippen molar-refractivity contribution in [1.82, 2.24) is 0 Å². The van der Waals surface area contributed by atoms with E-state index in [1.165, 1.54) is 6.92 Å². The number of ketones is 2. The summed E-state index contributed by atoms with van der Waals surface area (Å²) in [5.74, 6) is -5.88. The van der Waals surface area contributed by atoms with Crippen LogP contribution in [-0.4, -0.2) is 17.5 Å². The van der Waals surface area contributed by atoms with E-state index in [0.29, 0.717) is 6.07 Å². The number of halogens is 2. The lowest BCUT2D eigenvalue weighted by molar-refractivity contribution is -0.153. The van der Waals surface area contributed by atoms with Gasteiger partial charge in [-0.05, 0) is 19.1 Å². The van der Waals surface area contributed by atoms with Crippen LogP contribution in [0.3, 0.4) is 0 Å². The summed E-state index contributed by atoms with van der Waals surface area (Å²) in [7, 11) is 0. The second kappa shape index (κ2) is 4.14. The zero-order valence-electron chi connectivity index (χ0n) is 9.12. The standard InChI is InChI=1S/C12H6F2O4/c1-5-9(15)10(16)12(17)18-11(5)7-3-2-6(13)4-8(7)14/h2-4H,1H3. The number of esters is 1. The van der Waals surface area contributed by atoms with E-state index in [2.05, 4.69) is 4.74 Å². The van der Waals surface area contributed by atoms with Crippen molar-refractivity contribution in [3.63, 3.8) is 0 Å². The quantitative estimate of drug-likeness (QED) is 0.559. The van der Waals surface area contributed by atoms with Crippen LogP contribution in [0.1, 0.15) is 12.5 Å². The van der Waals surface area contributed by atoms with Crippen molar-refractivity contribution in [2.45, 2.75) is 6.92 Å². The number of hydrogen-bond donors (Lipinski definition) is 0. The van der Waals surface area contributed by atoms with Crippen molar-refractivity contribution in [3.05, 3.63) is 41.0 Å². The van der Waals surface area contributed by atoms with Crippen LogP contribution in [0, 0.1) is 11.6 Å². The minimum Gasteiger partial charge on any atom is -0.419 e. The molecule has 1 aliphatic heterocycles. The van der Waals surface area contributed by atoms with Gasteiger partial charge in [-0.25, -0.2) is 13.6 Å².